The number of hydrogen-bond donors (Lipinski definition) is 0. The molecule has 4 aromatic carbocycles. The van der Waals surface area contributed by atoms with Gasteiger partial charge in [-0.3, -0.25) is 0 Å². The van der Waals surface area contributed by atoms with E-state index in [1.54, 1.807) is 0 Å². The summed E-state index contributed by atoms with van der Waals surface area (Å²) < 4.78 is 0. The van der Waals surface area contributed by atoms with Gasteiger partial charge in [-0.15, -0.1) is 0 Å². The van der Waals surface area contributed by atoms with Crippen LogP contribution in [0.15, 0.2) is 121 Å². The van der Waals surface area contributed by atoms with Gasteiger partial charge in [0.15, 0.2) is 0 Å². The van der Waals surface area contributed by atoms with Crippen molar-refractivity contribution in [2.45, 2.75) is 31.6 Å². The van der Waals surface area contributed by atoms with Crippen LogP contribution in [0.3, 0.4) is 0 Å². The molecule has 0 nitrogen and oxygen atoms in total. The summed E-state index contributed by atoms with van der Waals surface area (Å²) in [4.78, 5) is 0. The minimum Gasteiger partial charge on any atom is -0.0685 e. The standard InChI is InChI=1S/C34H30/c1-24(20-27-22-33(25-12-4-2-5-13-25)31-18-10-8-16-29(27)31)21-28-23-34(26-14-6-3-7-15-26)32-19-11-9-17-30(28)32/h2-19,22-24,27-28H,20-21H2,1H3. The summed E-state index contributed by atoms with van der Waals surface area (Å²) in [5, 5.41) is 0. The minimum atomic E-state index is 0.482. The van der Waals surface area contributed by atoms with Gasteiger partial charge in [-0.25, -0.2) is 0 Å². The second-order valence-electron chi connectivity index (χ2n) is 9.86. The van der Waals surface area contributed by atoms with Crippen LogP contribution in [0.1, 0.15) is 65.0 Å². The first kappa shape index (κ1) is 20.9. The third-order valence-electron chi connectivity index (χ3n) is 7.52. The number of benzene rings is 4. The Hall–Kier alpha value is -3.64. The van der Waals surface area contributed by atoms with Crippen LogP contribution in [0.4, 0.5) is 0 Å². The number of rotatable bonds is 6. The maximum absolute atomic E-state index is 2.52. The molecule has 6 rings (SSSR count). The summed E-state index contributed by atoms with van der Waals surface area (Å²) >= 11 is 0. The van der Waals surface area contributed by atoms with Gasteiger partial charge in [0.1, 0.15) is 0 Å². The van der Waals surface area contributed by atoms with Gasteiger partial charge in [-0.2, -0.15) is 0 Å². The molecule has 0 heteroatoms. The highest BCUT2D eigenvalue weighted by Crippen LogP contribution is 2.46. The van der Waals surface area contributed by atoms with Crippen molar-refractivity contribution in [1.29, 1.82) is 0 Å². The van der Waals surface area contributed by atoms with E-state index >= 15 is 0 Å². The van der Waals surface area contributed by atoms with Crippen LogP contribution in [-0.2, 0) is 0 Å². The average Bonchev–Trinajstić information content (AvgIpc) is 3.44. The maximum Gasteiger partial charge on any atom is 0.00360 e. The summed E-state index contributed by atoms with van der Waals surface area (Å²) in [6.07, 6.45) is 7.40. The zero-order chi connectivity index (χ0) is 22.9. The van der Waals surface area contributed by atoms with Crippen LogP contribution < -0.4 is 0 Å². The van der Waals surface area contributed by atoms with Gasteiger partial charge in [0.25, 0.3) is 0 Å². The van der Waals surface area contributed by atoms with Gasteiger partial charge < -0.3 is 0 Å². The molecule has 0 N–H and O–H groups in total. The van der Waals surface area contributed by atoms with Crippen molar-refractivity contribution < 1.29 is 0 Å². The van der Waals surface area contributed by atoms with Crippen LogP contribution in [0, 0.1) is 5.92 Å². The third-order valence-corrected chi connectivity index (χ3v) is 7.52. The molecule has 0 saturated carbocycles. The minimum absolute atomic E-state index is 0.482. The van der Waals surface area contributed by atoms with E-state index in [4.69, 9.17) is 0 Å². The predicted molar refractivity (Wildman–Crippen MR) is 144 cm³/mol. The van der Waals surface area contributed by atoms with Crippen LogP contribution in [0.25, 0.3) is 11.1 Å². The lowest BCUT2D eigenvalue weighted by molar-refractivity contribution is 0.454. The molecule has 0 fully saturated rings. The molecule has 0 aliphatic heterocycles. The Morgan fingerprint density at radius 2 is 0.882 bits per heavy atom. The monoisotopic (exact) mass is 438 g/mol. The Labute approximate surface area is 203 Å². The summed E-state index contributed by atoms with van der Waals surface area (Å²) in [6.45, 7) is 2.44. The Kier molecular flexibility index (Phi) is 5.51. The van der Waals surface area contributed by atoms with Gasteiger partial charge in [0, 0.05) is 11.8 Å². The molecule has 0 bridgehead atoms. The van der Waals surface area contributed by atoms with Gasteiger partial charge in [-0.05, 0) is 63.3 Å². The zero-order valence-corrected chi connectivity index (χ0v) is 19.7. The fourth-order valence-corrected chi connectivity index (χ4v) is 5.98. The molecule has 0 radical (unpaired) electrons. The van der Waals surface area contributed by atoms with E-state index in [2.05, 4.69) is 128 Å². The quantitative estimate of drug-likeness (QED) is 0.282. The van der Waals surface area contributed by atoms with Crippen LogP contribution in [-0.4, -0.2) is 0 Å². The topological polar surface area (TPSA) is 0 Å². The third kappa shape index (κ3) is 3.84. The van der Waals surface area contributed by atoms with Crippen LogP contribution in [0.5, 0.6) is 0 Å². The van der Waals surface area contributed by atoms with Crippen molar-refractivity contribution in [1.82, 2.24) is 0 Å². The lowest BCUT2D eigenvalue weighted by Gasteiger charge is -2.20. The molecular weight excluding hydrogens is 408 g/mol. The first-order valence-electron chi connectivity index (χ1n) is 12.5. The first-order chi connectivity index (χ1) is 16.8. The maximum atomic E-state index is 2.52. The number of allylic oxidation sites excluding steroid dienone is 2. The van der Waals surface area contributed by atoms with Crippen molar-refractivity contribution >= 4 is 11.1 Å². The summed E-state index contributed by atoms with van der Waals surface area (Å²) in [5.41, 5.74) is 11.2. The SMILES string of the molecule is CC(CC1C=C(c2ccccc2)c2ccccc21)CC1C=C(c2ccccc2)c2ccccc21. The molecule has 0 spiro atoms. The van der Waals surface area contributed by atoms with Crippen LogP contribution >= 0.6 is 0 Å². The van der Waals surface area contributed by atoms with E-state index in [1.165, 1.54) is 57.4 Å². The van der Waals surface area contributed by atoms with Gasteiger partial charge in [0.2, 0.25) is 0 Å². The Bertz CT molecular complexity index is 1250. The van der Waals surface area contributed by atoms with Crippen molar-refractivity contribution in [3.63, 3.8) is 0 Å². The highest BCUT2D eigenvalue weighted by Gasteiger charge is 2.28. The largest absolute Gasteiger partial charge is 0.0685 e. The van der Waals surface area contributed by atoms with E-state index in [1.807, 2.05) is 0 Å². The zero-order valence-electron chi connectivity index (χ0n) is 19.7. The van der Waals surface area contributed by atoms with Crippen molar-refractivity contribution in [3.8, 4) is 0 Å². The lowest BCUT2D eigenvalue weighted by Crippen LogP contribution is -2.06. The molecule has 166 valence electrons. The van der Waals surface area contributed by atoms with E-state index < -0.39 is 0 Å². The molecule has 0 saturated heterocycles. The lowest BCUT2D eigenvalue weighted by atomic mass is 9.84. The van der Waals surface area contributed by atoms with Crippen LogP contribution in [0.2, 0.25) is 0 Å². The fourth-order valence-electron chi connectivity index (χ4n) is 5.98. The van der Waals surface area contributed by atoms with E-state index in [0.717, 1.165) is 0 Å². The van der Waals surface area contributed by atoms with E-state index in [0.29, 0.717) is 17.8 Å². The van der Waals surface area contributed by atoms with Gasteiger partial charge in [0.05, 0.1) is 0 Å². The van der Waals surface area contributed by atoms with E-state index in [-0.39, 0.29) is 0 Å². The molecule has 34 heavy (non-hydrogen) atoms. The normalized spacial score (nSPS) is 19.2. The number of fused-ring (bicyclic) bond motifs is 2. The first-order valence-corrected chi connectivity index (χ1v) is 12.5. The molecule has 0 amide bonds. The summed E-state index contributed by atoms with van der Waals surface area (Å²) in [5.74, 6) is 1.58. The van der Waals surface area contributed by atoms with E-state index in [9.17, 15) is 0 Å². The Balaban J connectivity index is 1.26. The molecule has 2 aliphatic carbocycles. The van der Waals surface area contributed by atoms with Crippen molar-refractivity contribution in [2.75, 3.05) is 0 Å². The predicted octanol–water partition coefficient (Wildman–Crippen LogP) is 8.86. The Morgan fingerprint density at radius 3 is 1.32 bits per heavy atom. The molecule has 2 atom stereocenters. The fraction of sp³-hybridized carbons (Fsp3) is 0.176. The highest BCUT2D eigenvalue weighted by atomic mass is 14.3. The second kappa shape index (κ2) is 8.95. The van der Waals surface area contributed by atoms with Crippen molar-refractivity contribution in [2.24, 2.45) is 5.92 Å². The average molecular weight is 439 g/mol. The molecule has 0 heterocycles. The van der Waals surface area contributed by atoms with Gasteiger partial charge >= 0.3 is 0 Å². The molecule has 2 unspecified atom stereocenters. The molecule has 0 aromatic heterocycles. The van der Waals surface area contributed by atoms with Crippen molar-refractivity contribution in [3.05, 3.63) is 155 Å². The summed E-state index contributed by atoms with van der Waals surface area (Å²) in [7, 11) is 0. The Morgan fingerprint density at radius 1 is 0.500 bits per heavy atom. The highest BCUT2D eigenvalue weighted by molar-refractivity contribution is 5.86. The number of hydrogen-bond acceptors (Lipinski definition) is 0. The van der Waals surface area contributed by atoms with Gasteiger partial charge in [-0.1, -0.05) is 128 Å². The second-order valence-corrected chi connectivity index (χ2v) is 9.86. The molecular formula is C34H30. The summed E-state index contributed by atoms with van der Waals surface area (Å²) in [6, 6.07) is 39.7. The smallest absolute Gasteiger partial charge is 0.00360 e. The molecule has 2 aliphatic rings. The molecule has 4 aromatic rings.